The van der Waals surface area contributed by atoms with Crippen LogP contribution in [0.4, 0.5) is 8.78 Å². The van der Waals surface area contributed by atoms with E-state index in [9.17, 15) is 31.9 Å². The van der Waals surface area contributed by atoms with Gasteiger partial charge >= 0.3 is 11.9 Å². The van der Waals surface area contributed by atoms with Gasteiger partial charge in [0.1, 0.15) is 11.6 Å². The molecule has 1 aromatic heterocycles. The van der Waals surface area contributed by atoms with Crippen LogP contribution in [0, 0.1) is 30.4 Å². The number of aliphatic imine (C=N–C) groups is 1. The molecule has 3 heterocycles. The summed E-state index contributed by atoms with van der Waals surface area (Å²) in [5.41, 5.74) is -0.221. The lowest BCUT2D eigenvalue weighted by Crippen LogP contribution is -2.50. The van der Waals surface area contributed by atoms with E-state index in [1.807, 2.05) is 0 Å². The van der Waals surface area contributed by atoms with Gasteiger partial charge in [-0.05, 0) is 70.6 Å². The van der Waals surface area contributed by atoms with Crippen molar-refractivity contribution in [1.82, 2.24) is 14.6 Å². The van der Waals surface area contributed by atoms with Crippen molar-refractivity contribution in [1.29, 1.82) is 0 Å². The number of aliphatic carboxylic acids is 1. The van der Waals surface area contributed by atoms with Crippen LogP contribution >= 0.6 is 11.3 Å². The zero-order valence-electron chi connectivity index (χ0n) is 24.3. The number of allylic oxidation sites excluding steroid dienone is 1. The average molecular weight is 637 g/mol. The first-order valence-electron chi connectivity index (χ1n) is 14.1. The Morgan fingerprint density at radius 2 is 1.84 bits per heavy atom. The SMILES string of the molecule is Cc1c(C2N=C(c3nccs3)NC(C3CCN(S(=O)(=O)C4CC(C(=O)OC(C)(C)C)C4)CC3)=C2C(=O)O)ccc(F)c1F. The lowest BCUT2D eigenvalue weighted by atomic mass is 9.85. The molecule has 3 aliphatic rings. The molecule has 0 radical (unpaired) electrons. The highest BCUT2D eigenvalue weighted by atomic mass is 32.2. The van der Waals surface area contributed by atoms with Gasteiger partial charge in [0, 0.05) is 36.3 Å². The summed E-state index contributed by atoms with van der Waals surface area (Å²) in [6.07, 6.45) is 2.64. The third-order valence-corrected chi connectivity index (χ3v) is 11.2. The number of carboxylic acids is 1. The molecule has 43 heavy (non-hydrogen) atoms. The fraction of sp³-hybridized carbons (Fsp3) is 0.517. The van der Waals surface area contributed by atoms with Crippen molar-refractivity contribution in [2.75, 3.05) is 13.1 Å². The molecule has 1 aromatic carbocycles. The minimum absolute atomic E-state index is 0.0432. The number of benzene rings is 1. The van der Waals surface area contributed by atoms with Crippen LogP contribution in [0.2, 0.25) is 0 Å². The van der Waals surface area contributed by atoms with Gasteiger partial charge in [0.15, 0.2) is 22.5 Å². The predicted molar refractivity (Wildman–Crippen MR) is 156 cm³/mol. The molecule has 2 aromatic rings. The lowest BCUT2D eigenvalue weighted by molar-refractivity contribution is -0.162. The quantitative estimate of drug-likeness (QED) is 0.429. The molecular weight excluding hydrogens is 602 g/mol. The van der Waals surface area contributed by atoms with Crippen molar-refractivity contribution in [3.05, 3.63) is 62.7 Å². The largest absolute Gasteiger partial charge is 0.478 e. The maximum absolute atomic E-state index is 14.6. The number of thiazole rings is 1. The van der Waals surface area contributed by atoms with Crippen molar-refractivity contribution in [3.63, 3.8) is 0 Å². The maximum atomic E-state index is 14.6. The van der Waals surface area contributed by atoms with Crippen LogP contribution < -0.4 is 5.32 Å². The molecule has 232 valence electrons. The predicted octanol–water partition coefficient (Wildman–Crippen LogP) is 4.32. The molecule has 2 aliphatic heterocycles. The third-order valence-electron chi connectivity index (χ3n) is 8.09. The maximum Gasteiger partial charge on any atom is 0.335 e. The lowest BCUT2D eigenvalue weighted by Gasteiger charge is -2.40. The minimum atomic E-state index is -3.67. The number of ether oxygens (including phenoxy) is 1. The highest BCUT2D eigenvalue weighted by molar-refractivity contribution is 7.89. The van der Waals surface area contributed by atoms with Gasteiger partial charge < -0.3 is 15.2 Å². The van der Waals surface area contributed by atoms with Gasteiger partial charge in [-0.1, -0.05) is 6.07 Å². The number of hydrogen-bond donors (Lipinski definition) is 2. The van der Waals surface area contributed by atoms with E-state index in [4.69, 9.17) is 4.74 Å². The first-order chi connectivity index (χ1) is 20.2. The third kappa shape index (κ3) is 6.22. The van der Waals surface area contributed by atoms with Gasteiger partial charge in [-0.25, -0.2) is 31.3 Å². The summed E-state index contributed by atoms with van der Waals surface area (Å²) in [7, 11) is -3.67. The van der Waals surface area contributed by atoms with Crippen molar-refractivity contribution in [2.45, 2.75) is 70.3 Å². The standard InChI is InChI=1S/C29H34F2N4O6S2/c1-15-19(5-6-20(30)22(15)31)24-21(27(36)37)23(33-25(34-24)26-32-9-12-42-26)16-7-10-35(11-8-16)43(39,40)18-13-17(14-18)28(38)41-29(2,3)4/h5-6,9,12,16-18,24H,7-8,10-11,13-14H2,1-4H3,(H,33,34)(H,36,37). The van der Waals surface area contributed by atoms with E-state index in [-0.39, 0.29) is 48.5 Å². The van der Waals surface area contributed by atoms with E-state index in [2.05, 4.69) is 15.3 Å². The van der Waals surface area contributed by atoms with Gasteiger partial charge in [0.2, 0.25) is 10.0 Å². The number of halogens is 2. The molecule has 1 unspecified atom stereocenters. The number of sulfonamides is 1. The summed E-state index contributed by atoms with van der Waals surface area (Å²) in [5.74, 6) is -4.29. The van der Waals surface area contributed by atoms with Crippen LogP contribution in [-0.4, -0.2) is 64.5 Å². The number of hydrogen-bond acceptors (Lipinski definition) is 9. The molecule has 1 aliphatic carbocycles. The first-order valence-corrected chi connectivity index (χ1v) is 16.4. The van der Waals surface area contributed by atoms with Crippen LogP contribution in [0.25, 0.3) is 0 Å². The van der Waals surface area contributed by atoms with Crippen LogP contribution in [0.1, 0.15) is 68.6 Å². The number of rotatable bonds is 7. The Bertz CT molecular complexity index is 1590. The number of piperidine rings is 1. The first kappa shape index (κ1) is 31.2. The topological polar surface area (TPSA) is 138 Å². The zero-order chi connectivity index (χ0) is 31.3. The number of carboxylic acid groups (broad SMARTS) is 1. The fourth-order valence-electron chi connectivity index (χ4n) is 5.76. The fourth-order valence-corrected chi connectivity index (χ4v) is 8.44. The Labute approximate surface area is 252 Å². The molecular formula is C29H34F2N4O6S2. The van der Waals surface area contributed by atoms with E-state index in [1.54, 1.807) is 32.3 Å². The van der Waals surface area contributed by atoms with Gasteiger partial charge in [-0.2, -0.15) is 0 Å². The number of carbonyl (C=O) groups excluding carboxylic acids is 1. The van der Waals surface area contributed by atoms with E-state index in [1.165, 1.54) is 28.6 Å². The van der Waals surface area contributed by atoms with E-state index in [0.29, 0.717) is 29.4 Å². The molecule has 2 fully saturated rings. The summed E-state index contributed by atoms with van der Waals surface area (Å²) in [6, 6.07) is 1.16. The van der Waals surface area contributed by atoms with Gasteiger partial charge in [-0.3, -0.25) is 9.79 Å². The molecule has 14 heteroatoms. The Balaban J connectivity index is 1.37. The molecule has 1 atom stereocenters. The second kappa shape index (κ2) is 11.7. The monoisotopic (exact) mass is 636 g/mol. The van der Waals surface area contributed by atoms with E-state index >= 15 is 0 Å². The van der Waals surface area contributed by atoms with Crippen LogP contribution in [-0.2, 0) is 24.3 Å². The molecule has 1 saturated heterocycles. The molecule has 10 nitrogen and oxygen atoms in total. The summed E-state index contributed by atoms with van der Waals surface area (Å²) in [5, 5.41) is 15.1. The summed E-state index contributed by atoms with van der Waals surface area (Å²) < 4.78 is 62.1. The second-order valence-electron chi connectivity index (χ2n) is 12.1. The van der Waals surface area contributed by atoms with Crippen LogP contribution in [0.15, 0.2) is 40.0 Å². The van der Waals surface area contributed by atoms with Crippen LogP contribution in [0.3, 0.4) is 0 Å². The van der Waals surface area contributed by atoms with Crippen molar-refractivity contribution >= 4 is 39.1 Å². The number of carbonyl (C=O) groups is 2. The highest BCUT2D eigenvalue weighted by Gasteiger charge is 2.47. The Hall–Kier alpha value is -3.23. The Morgan fingerprint density at radius 3 is 2.42 bits per heavy atom. The Kier molecular flexibility index (Phi) is 8.49. The summed E-state index contributed by atoms with van der Waals surface area (Å²) >= 11 is 1.29. The van der Waals surface area contributed by atoms with Crippen molar-refractivity contribution in [3.8, 4) is 0 Å². The van der Waals surface area contributed by atoms with Gasteiger partial charge in [0.25, 0.3) is 0 Å². The van der Waals surface area contributed by atoms with E-state index in [0.717, 1.165) is 6.07 Å². The number of nitrogens with zero attached hydrogens (tertiary/aromatic N) is 3. The van der Waals surface area contributed by atoms with Crippen LogP contribution in [0.5, 0.6) is 0 Å². The average Bonchev–Trinajstić information content (AvgIpc) is 3.44. The molecule has 5 rings (SSSR count). The minimum Gasteiger partial charge on any atom is -0.478 e. The number of nitrogens with one attached hydrogen (secondary N) is 1. The van der Waals surface area contributed by atoms with E-state index < -0.39 is 56.4 Å². The number of aromatic nitrogens is 1. The van der Waals surface area contributed by atoms with Gasteiger partial charge in [0.05, 0.1) is 16.7 Å². The molecule has 0 bridgehead atoms. The zero-order valence-corrected chi connectivity index (χ0v) is 25.9. The molecule has 0 amide bonds. The Morgan fingerprint density at radius 1 is 1.16 bits per heavy atom. The highest BCUT2D eigenvalue weighted by Crippen LogP contribution is 2.41. The summed E-state index contributed by atoms with van der Waals surface area (Å²) in [6.45, 7) is 7.00. The molecule has 1 saturated carbocycles. The normalized spacial score (nSPS) is 23.8. The van der Waals surface area contributed by atoms with Crippen molar-refractivity contribution in [2.24, 2.45) is 16.8 Å². The molecule has 2 N–H and O–H groups in total. The molecule has 0 spiro atoms. The van der Waals surface area contributed by atoms with Crippen molar-refractivity contribution < 1.29 is 36.6 Å². The summed E-state index contributed by atoms with van der Waals surface area (Å²) in [4.78, 5) is 33.9. The smallest absolute Gasteiger partial charge is 0.335 e. The number of amidine groups is 1. The second-order valence-corrected chi connectivity index (χ2v) is 15.2. The van der Waals surface area contributed by atoms with Gasteiger partial charge in [-0.15, -0.1) is 11.3 Å². The number of esters is 1.